The van der Waals surface area contributed by atoms with Crippen LogP contribution in [0, 0.1) is 0 Å². The predicted molar refractivity (Wildman–Crippen MR) is 56.9 cm³/mol. The van der Waals surface area contributed by atoms with Gasteiger partial charge in [0.2, 0.25) is 0 Å². The molecule has 13 heavy (non-hydrogen) atoms. The zero-order valence-electron chi connectivity index (χ0n) is 6.27. The van der Waals surface area contributed by atoms with Gasteiger partial charge < -0.3 is 10.2 Å². The fourth-order valence-electron chi connectivity index (χ4n) is 0.567. The van der Waals surface area contributed by atoms with E-state index >= 15 is 0 Å². The third kappa shape index (κ3) is 12.6. The molecule has 2 N–H and O–H groups in total. The molecule has 0 amide bonds. The summed E-state index contributed by atoms with van der Waals surface area (Å²) in [5.74, 6) is 0. The molecule has 1 rings (SSSR count). The summed E-state index contributed by atoms with van der Waals surface area (Å²) < 4.78 is 0. The number of carbonyl (C=O) groups is 1. The zero-order valence-corrected chi connectivity index (χ0v) is 7.86. The summed E-state index contributed by atoms with van der Waals surface area (Å²) in [5, 5.41) is 14.9. The van der Waals surface area contributed by atoms with Gasteiger partial charge in [-0.15, -0.1) is 0 Å². The molecule has 0 spiro atoms. The monoisotopic (exact) mass is 272 g/mol. The average molecular weight is 273 g/mol. The van der Waals surface area contributed by atoms with Gasteiger partial charge in [-0.25, -0.2) is 4.79 Å². The molecular formula is C8H10BrKO3. The number of hydrogen-bond acceptors (Lipinski definition) is 1. The van der Waals surface area contributed by atoms with E-state index in [4.69, 9.17) is 15.0 Å². The Labute approximate surface area is 128 Å². The standard InChI is InChI=1S/C7H7Br.CH2O3.K.H/c8-6-7-4-2-1-3-5-7;2-1(3)4;;/h1-5H,6H2;(H2,2,3,4);;. The molecule has 3 nitrogen and oxygen atoms in total. The molecule has 0 aliphatic heterocycles. The first-order valence-corrected chi connectivity index (χ1v) is 4.30. The van der Waals surface area contributed by atoms with E-state index < -0.39 is 6.16 Å². The van der Waals surface area contributed by atoms with Gasteiger partial charge >= 0.3 is 57.5 Å². The molecule has 0 unspecified atom stereocenters. The Morgan fingerprint density at radius 3 is 1.85 bits per heavy atom. The van der Waals surface area contributed by atoms with Crippen molar-refractivity contribution in [2.75, 3.05) is 0 Å². The Hall–Kier alpha value is 0.606. The van der Waals surface area contributed by atoms with Crippen LogP contribution in [0.15, 0.2) is 30.3 Å². The Morgan fingerprint density at radius 2 is 1.62 bits per heavy atom. The second-order valence-corrected chi connectivity index (χ2v) is 2.46. The van der Waals surface area contributed by atoms with Crippen LogP contribution in [0.3, 0.4) is 0 Å². The Kier molecular flexibility index (Phi) is 13.2. The van der Waals surface area contributed by atoms with Crippen molar-refractivity contribution in [1.29, 1.82) is 0 Å². The first kappa shape index (κ1) is 16.1. The van der Waals surface area contributed by atoms with E-state index in [-0.39, 0.29) is 51.4 Å². The molecule has 0 atom stereocenters. The maximum absolute atomic E-state index is 8.56. The Balaban J connectivity index is 0. The van der Waals surface area contributed by atoms with Gasteiger partial charge in [-0.05, 0) is 5.56 Å². The number of benzene rings is 1. The molecule has 1 aromatic rings. The van der Waals surface area contributed by atoms with Crippen molar-refractivity contribution in [3.05, 3.63) is 35.9 Å². The van der Waals surface area contributed by atoms with Crippen molar-refractivity contribution < 1.29 is 15.0 Å². The molecule has 1 aromatic carbocycles. The van der Waals surface area contributed by atoms with Crippen LogP contribution in [0.5, 0.6) is 0 Å². The maximum atomic E-state index is 8.56. The predicted octanol–water partition coefficient (Wildman–Crippen LogP) is 2.16. The number of alkyl halides is 1. The summed E-state index contributed by atoms with van der Waals surface area (Å²) in [6.45, 7) is 0. The fourth-order valence-corrected chi connectivity index (χ4v) is 0.941. The van der Waals surface area contributed by atoms with Gasteiger partial charge in [-0.1, -0.05) is 46.3 Å². The first-order valence-electron chi connectivity index (χ1n) is 3.18. The minimum atomic E-state index is -1.83. The van der Waals surface area contributed by atoms with Crippen molar-refractivity contribution in [3.8, 4) is 0 Å². The minimum absolute atomic E-state index is 0. The molecular weight excluding hydrogens is 263 g/mol. The molecule has 0 radical (unpaired) electrons. The molecule has 5 heteroatoms. The summed E-state index contributed by atoms with van der Waals surface area (Å²) in [7, 11) is 0. The molecule has 0 fully saturated rings. The molecule has 0 aliphatic rings. The van der Waals surface area contributed by atoms with E-state index in [0.29, 0.717) is 0 Å². The number of carboxylic acid groups (broad SMARTS) is 2. The average Bonchev–Trinajstić information content (AvgIpc) is 2.05. The van der Waals surface area contributed by atoms with Crippen LogP contribution in [0.25, 0.3) is 0 Å². The number of halogens is 1. The van der Waals surface area contributed by atoms with E-state index in [1.807, 2.05) is 18.2 Å². The second kappa shape index (κ2) is 10.7. The van der Waals surface area contributed by atoms with Crippen LogP contribution in [0.4, 0.5) is 4.79 Å². The summed E-state index contributed by atoms with van der Waals surface area (Å²) >= 11 is 3.36. The molecule has 0 aliphatic carbocycles. The Bertz CT molecular complexity index is 224. The topological polar surface area (TPSA) is 57.5 Å². The summed E-state index contributed by atoms with van der Waals surface area (Å²) in [5.41, 5.74) is 1.33. The van der Waals surface area contributed by atoms with E-state index in [0.717, 1.165) is 5.33 Å². The van der Waals surface area contributed by atoms with Crippen molar-refractivity contribution in [3.63, 3.8) is 0 Å². The molecule has 0 aromatic heterocycles. The quantitative estimate of drug-likeness (QED) is 0.609. The zero-order chi connectivity index (χ0) is 9.40. The van der Waals surface area contributed by atoms with Crippen LogP contribution in [0.1, 0.15) is 5.56 Å². The normalized spacial score (nSPS) is 7.46. The van der Waals surface area contributed by atoms with Gasteiger partial charge in [-0.2, -0.15) is 0 Å². The van der Waals surface area contributed by atoms with Gasteiger partial charge in [0.1, 0.15) is 0 Å². The van der Waals surface area contributed by atoms with E-state index in [1.54, 1.807) is 0 Å². The van der Waals surface area contributed by atoms with Gasteiger partial charge in [0.05, 0.1) is 0 Å². The van der Waals surface area contributed by atoms with Crippen molar-refractivity contribution >= 4 is 73.5 Å². The number of hydrogen-bond donors (Lipinski definition) is 2. The van der Waals surface area contributed by atoms with Crippen LogP contribution in [-0.4, -0.2) is 67.8 Å². The second-order valence-electron chi connectivity index (χ2n) is 1.90. The number of rotatable bonds is 1. The first-order chi connectivity index (χ1) is 5.66. The van der Waals surface area contributed by atoms with Gasteiger partial charge in [0.25, 0.3) is 0 Å². The molecule has 0 bridgehead atoms. The van der Waals surface area contributed by atoms with Crippen molar-refractivity contribution in [2.45, 2.75) is 5.33 Å². The molecule has 0 saturated carbocycles. The molecule has 0 saturated heterocycles. The van der Waals surface area contributed by atoms with Gasteiger partial charge in [0.15, 0.2) is 0 Å². The van der Waals surface area contributed by atoms with Crippen molar-refractivity contribution in [1.82, 2.24) is 0 Å². The van der Waals surface area contributed by atoms with E-state index in [2.05, 4.69) is 28.1 Å². The molecule has 0 heterocycles. The molecule has 68 valence electrons. The third-order valence-corrected chi connectivity index (χ3v) is 1.64. The van der Waals surface area contributed by atoms with E-state index in [9.17, 15) is 0 Å². The fraction of sp³-hybridized carbons (Fsp3) is 0.125. The van der Waals surface area contributed by atoms with Crippen LogP contribution in [-0.2, 0) is 5.33 Å². The van der Waals surface area contributed by atoms with Crippen LogP contribution < -0.4 is 0 Å². The summed E-state index contributed by atoms with van der Waals surface area (Å²) in [6.07, 6.45) is -1.83. The van der Waals surface area contributed by atoms with Gasteiger partial charge in [-0.3, -0.25) is 0 Å². The van der Waals surface area contributed by atoms with Gasteiger partial charge in [0, 0.05) is 5.33 Å². The SMILES string of the molecule is BrCc1ccccc1.O=C(O)O.[KH]. The summed E-state index contributed by atoms with van der Waals surface area (Å²) in [4.78, 5) is 8.56. The van der Waals surface area contributed by atoms with Crippen LogP contribution in [0.2, 0.25) is 0 Å². The van der Waals surface area contributed by atoms with Crippen molar-refractivity contribution in [2.24, 2.45) is 0 Å². The van der Waals surface area contributed by atoms with Crippen LogP contribution >= 0.6 is 15.9 Å². The van der Waals surface area contributed by atoms with E-state index in [1.165, 1.54) is 5.56 Å². The third-order valence-electron chi connectivity index (χ3n) is 0.997. The Morgan fingerprint density at radius 1 is 1.23 bits per heavy atom. The summed E-state index contributed by atoms with van der Waals surface area (Å²) in [6, 6.07) is 10.3.